The Morgan fingerprint density at radius 1 is 0.923 bits per heavy atom. The summed E-state index contributed by atoms with van der Waals surface area (Å²) in [4.78, 5) is 12.7. The Bertz CT molecular complexity index is 751. The van der Waals surface area contributed by atoms with Gasteiger partial charge >= 0.3 is 0 Å². The molecule has 138 valence electrons. The number of aliphatic hydroxyl groups is 4. The molecule has 5 N–H and O–H groups in total. The quantitative estimate of drug-likeness (QED) is 0.519. The topological polar surface area (TPSA) is 119 Å². The van der Waals surface area contributed by atoms with Gasteiger partial charge in [-0.15, -0.1) is 0 Å². The molecule has 7 nitrogen and oxygen atoms in total. The van der Waals surface area contributed by atoms with Crippen LogP contribution in [0.25, 0.3) is 11.1 Å². The summed E-state index contributed by atoms with van der Waals surface area (Å²) in [5, 5.41) is 41.5. The van der Waals surface area contributed by atoms with Crippen molar-refractivity contribution in [1.29, 1.82) is 0 Å². The zero-order valence-corrected chi connectivity index (χ0v) is 13.9. The average molecular weight is 359 g/mol. The maximum absolute atomic E-state index is 12.7. The Labute approximate surface area is 150 Å². The fourth-order valence-electron chi connectivity index (χ4n) is 2.98. The number of carbonyl (C=O) groups excluding carboxylic acids is 1. The van der Waals surface area contributed by atoms with Crippen LogP contribution >= 0.6 is 0 Å². The van der Waals surface area contributed by atoms with E-state index in [1.807, 2.05) is 36.4 Å². The maximum Gasteiger partial charge on any atom is 0.253 e. The highest BCUT2D eigenvalue weighted by atomic mass is 16.6. The molecule has 26 heavy (non-hydrogen) atoms. The van der Waals surface area contributed by atoms with Crippen molar-refractivity contribution in [2.24, 2.45) is 0 Å². The smallest absolute Gasteiger partial charge is 0.253 e. The summed E-state index contributed by atoms with van der Waals surface area (Å²) in [6.45, 7) is -0.558. The van der Waals surface area contributed by atoms with Crippen LogP contribution in [-0.4, -0.2) is 63.6 Å². The number of nitrogens with one attached hydrogen (secondary N) is 1. The summed E-state index contributed by atoms with van der Waals surface area (Å²) < 4.78 is 5.33. The molecule has 0 bridgehead atoms. The summed E-state index contributed by atoms with van der Waals surface area (Å²) >= 11 is 0. The molecule has 1 saturated heterocycles. The van der Waals surface area contributed by atoms with E-state index < -0.39 is 43.2 Å². The zero-order valence-electron chi connectivity index (χ0n) is 13.9. The van der Waals surface area contributed by atoms with E-state index in [1.54, 1.807) is 18.2 Å². The summed E-state index contributed by atoms with van der Waals surface area (Å²) in [6, 6.07) is 16.3. The average Bonchev–Trinajstić information content (AvgIpc) is 2.69. The van der Waals surface area contributed by atoms with Gasteiger partial charge < -0.3 is 30.5 Å². The number of benzene rings is 2. The number of amides is 1. The first-order valence-electron chi connectivity index (χ1n) is 8.28. The molecule has 1 amide bonds. The van der Waals surface area contributed by atoms with Gasteiger partial charge in [0.2, 0.25) is 0 Å². The van der Waals surface area contributed by atoms with E-state index in [0.29, 0.717) is 11.1 Å². The SMILES string of the molecule is O=C(N[C@@H]1O[C@H](CO)[C@@H](O)[C@H](O)[C@H]1O)c1ccccc1-c1ccccc1. The van der Waals surface area contributed by atoms with Crippen molar-refractivity contribution in [2.45, 2.75) is 30.6 Å². The Morgan fingerprint density at radius 2 is 1.58 bits per heavy atom. The van der Waals surface area contributed by atoms with Crippen molar-refractivity contribution in [3.63, 3.8) is 0 Å². The molecule has 1 heterocycles. The molecule has 0 spiro atoms. The molecule has 0 aliphatic carbocycles. The molecule has 2 aromatic rings. The van der Waals surface area contributed by atoms with E-state index in [9.17, 15) is 25.2 Å². The third-order valence-electron chi connectivity index (χ3n) is 4.42. The lowest BCUT2D eigenvalue weighted by Crippen LogP contribution is -2.63. The highest BCUT2D eigenvalue weighted by Gasteiger charge is 2.44. The van der Waals surface area contributed by atoms with Crippen LogP contribution in [0.3, 0.4) is 0 Å². The number of hydrogen-bond acceptors (Lipinski definition) is 6. The number of aliphatic hydroxyl groups excluding tert-OH is 4. The van der Waals surface area contributed by atoms with Gasteiger partial charge in [-0.2, -0.15) is 0 Å². The molecule has 1 aliphatic heterocycles. The lowest BCUT2D eigenvalue weighted by molar-refractivity contribution is -0.233. The van der Waals surface area contributed by atoms with Crippen LogP contribution < -0.4 is 5.32 Å². The van der Waals surface area contributed by atoms with Gasteiger partial charge in [-0.3, -0.25) is 4.79 Å². The third kappa shape index (κ3) is 3.62. The predicted molar refractivity (Wildman–Crippen MR) is 93.1 cm³/mol. The van der Waals surface area contributed by atoms with Crippen LogP contribution in [0, 0.1) is 0 Å². The van der Waals surface area contributed by atoms with Crippen molar-refractivity contribution in [3.8, 4) is 11.1 Å². The van der Waals surface area contributed by atoms with Crippen LogP contribution in [0.1, 0.15) is 10.4 Å². The molecule has 5 atom stereocenters. The first kappa shape index (κ1) is 18.5. The molecule has 0 aromatic heterocycles. The fraction of sp³-hybridized carbons (Fsp3) is 0.316. The normalized spacial score (nSPS) is 28.5. The molecule has 3 rings (SSSR count). The van der Waals surface area contributed by atoms with Crippen LogP contribution in [0.2, 0.25) is 0 Å². The largest absolute Gasteiger partial charge is 0.394 e. The first-order chi connectivity index (χ1) is 12.5. The Balaban J connectivity index is 1.83. The van der Waals surface area contributed by atoms with Gasteiger partial charge in [0.1, 0.15) is 24.4 Å². The standard InChI is InChI=1S/C19H21NO6/c21-10-14-15(22)16(23)17(24)19(26-14)20-18(25)13-9-5-4-8-12(13)11-6-2-1-3-7-11/h1-9,14-17,19,21-24H,10H2,(H,20,25)/t14-,15-,16+,17-,19-/m1/s1. The lowest BCUT2D eigenvalue weighted by Gasteiger charge is -2.40. The van der Waals surface area contributed by atoms with Gasteiger partial charge in [0, 0.05) is 5.56 Å². The van der Waals surface area contributed by atoms with E-state index >= 15 is 0 Å². The second kappa shape index (κ2) is 7.94. The van der Waals surface area contributed by atoms with Crippen LogP contribution in [0.5, 0.6) is 0 Å². The molecule has 0 unspecified atom stereocenters. The summed E-state index contributed by atoms with van der Waals surface area (Å²) in [7, 11) is 0. The fourth-order valence-corrected chi connectivity index (χ4v) is 2.98. The van der Waals surface area contributed by atoms with Crippen molar-refractivity contribution in [3.05, 3.63) is 60.2 Å². The molecule has 0 radical (unpaired) electrons. The minimum atomic E-state index is -1.55. The number of hydrogen-bond donors (Lipinski definition) is 5. The predicted octanol–water partition coefficient (Wildman–Crippen LogP) is -0.117. The van der Waals surface area contributed by atoms with Crippen LogP contribution in [0.15, 0.2) is 54.6 Å². The van der Waals surface area contributed by atoms with Gasteiger partial charge in [0.15, 0.2) is 6.23 Å². The minimum Gasteiger partial charge on any atom is -0.394 e. The summed E-state index contributed by atoms with van der Waals surface area (Å²) in [5.41, 5.74) is 1.93. The van der Waals surface area contributed by atoms with E-state index in [4.69, 9.17) is 4.74 Å². The van der Waals surface area contributed by atoms with Gasteiger partial charge in [-0.05, 0) is 17.2 Å². The first-order valence-corrected chi connectivity index (χ1v) is 8.28. The second-order valence-corrected chi connectivity index (χ2v) is 6.13. The Kier molecular flexibility index (Phi) is 5.65. The van der Waals surface area contributed by atoms with E-state index in [-0.39, 0.29) is 0 Å². The van der Waals surface area contributed by atoms with Gasteiger partial charge in [0.25, 0.3) is 5.91 Å². The monoisotopic (exact) mass is 359 g/mol. The lowest BCUT2D eigenvalue weighted by atomic mass is 9.97. The van der Waals surface area contributed by atoms with Crippen LogP contribution in [-0.2, 0) is 4.74 Å². The van der Waals surface area contributed by atoms with E-state index in [0.717, 1.165) is 5.56 Å². The van der Waals surface area contributed by atoms with E-state index in [1.165, 1.54) is 0 Å². The summed E-state index contributed by atoms with van der Waals surface area (Å²) in [6.07, 6.45) is -6.89. The molecular weight excluding hydrogens is 338 g/mol. The van der Waals surface area contributed by atoms with Crippen molar-refractivity contribution >= 4 is 5.91 Å². The van der Waals surface area contributed by atoms with Gasteiger partial charge in [-0.25, -0.2) is 0 Å². The highest BCUT2D eigenvalue weighted by molar-refractivity contribution is 6.01. The van der Waals surface area contributed by atoms with Crippen molar-refractivity contribution in [1.82, 2.24) is 5.32 Å². The van der Waals surface area contributed by atoms with Crippen LogP contribution in [0.4, 0.5) is 0 Å². The Morgan fingerprint density at radius 3 is 2.27 bits per heavy atom. The molecular formula is C19H21NO6. The molecule has 7 heteroatoms. The number of ether oxygens (including phenoxy) is 1. The number of rotatable bonds is 4. The molecule has 1 fully saturated rings. The minimum absolute atomic E-state index is 0.371. The Hall–Kier alpha value is -2.29. The van der Waals surface area contributed by atoms with Crippen molar-refractivity contribution in [2.75, 3.05) is 6.61 Å². The zero-order chi connectivity index (χ0) is 18.7. The van der Waals surface area contributed by atoms with Crippen molar-refractivity contribution < 1.29 is 30.0 Å². The summed E-state index contributed by atoms with van der Waals surface area (Å²) in [5.74, 6) is -0.506. The highest BCUT2D eigenvalue weighted by Crippen LogP contribution is 2.25. The molecule has 2 aromatic carbocycles. The van der Waals surface area contributed by atoms with E-state index in [2.05, 4.69) is 5.32 Å². The van der Waals surface area contributed by atoms with Gasteiger partial charge in [-0.1, -0.05) is 48.5 Å². The molecule has 0 saturated carbocycles. The maximum atomic E-state index is 12.7. The number of carbonyl (C=O) groups is 1. The van der Waals surface area contributed by atoms with Gasteiger partial charge in [0.05, 0.1) is 6.61 Å². The third-order valence-corrected chi connectivity index (χ3v) is 4.42. The molecule has 1 aliphatic rings. The second-order valence-electron chi connectivity index (χ2n) is 6.13.